The number of nitrogens with zero attached hydrogens (tertiary/aromatic N) is 1. The van der Waals surface area contributed by atoms with Crippen LogP contribution in [0.4, 0.5) is 18.0 Å². The predicted octanol–water partition coefficient (Wildman–Crippen LogP) is 4.84. The molecule has 0 saturated heterocycles. The highest BCUT2D eigenvalue weighted by Gasteiger charge is 2.54. The van der Waals surface area contributed by atoms with E-state index in [0.29, 0.717) is 38.5 Å². The summed E-state index contributed by atoms with van der Waals surface area (Å²) in [5.41, 5.74) is 2.04. The van der Waals surface area contributed by atoms with Crippen LogP contribution in [0.2, 0.25) is 0 Å². The molecule has 2 fully saturated rings. The van der Waals surface area contributed by atoms with Crippen molar-refractivity contribution in [2.24, 2.45) is 5.92 Å². The number of halogens is 3. The standard InChI is InChI=1S/C22H27F3N2O3/c1-2-15(12-14-6-4-3-5-7-14)18-13-19(18)27(20(28)22(23,24)25)17-10-8-16(9-11-17)26-21(29)30/h3-7,12,16-19,26H,2,8-11,13H2,1H3,(H,29,30)/b15-12+. The minimum atomic E-state index is -4.92. The van der Waals surface area contributed by atoms with Gasteiger partial charge in [0.05, 0.1) is 0 Å². The first-order chi connectivity index (χ1) is 14.2. The highest BCUT2D eigenvalue weighted by molar-refractivity contribution is 5.83. The molecule has 2 unspecified atom stereocenters. The second-order valence-corrected chi connectivity index (χ2v) is 8.06. The van der Waals surface area contributed by atoms with Gasteiger partial charge in [-0.15, -0.1) is 0 Å². The normalized spacial score (nSPS) is 26.7. The summed E-state index contributed by atoms with van der Waals surface area (Å²) in [5, 5.41) is 11.2. The fourth-order valence-electron chi connectivity index (χ4n) is 4.53. The van der Waals surface area contributed by atoms with Gasteiger partial charge >= 0.3 is 18.2 Å². The minimum absolute atomic E-state index is 0.0728. The minimum Gasteiger partial charge on any atom is -0.465 e. The van der Waals surface area contributed by atoms with Gasteiger partial charge in [0, 0.05) is 24.0 Å². The smallest absolute Gasteiger partial charge is 0.465 e. The van der Waals surface area contributed by atoms with Gasteiger partial charge in [0.15, 0.2) is 0 Å². The molecule has 30 heavy (non-hydrogen) atoms. The zero-order valence-corrected chi connectivity index (χ0v) is 16.9. The van der Waals surface area contributed by atoms with Crippen LogP contribution >= 0.6 is 0 Å². The lowest BCUT2D eigenvalue weighted by Crippen LogP contribution is -2.51. The second kappa shape index (κ2) is 9.10. The first kappa shape index (κ1) is 22.2. The van der Waals surface area contributed by atoms with Gasteiger partial charge < -0.3 is 15.3 Å². The second-order valence-electron chi connectivity index (χ2n) is 8.06. The molecule has 2 atom stereocenters. The fourth-order valence-corrected chi connectivity index (χ4v) is 4.53. The molecule has 2 aliphatic carbocycles. The number of carboxylic acid groups (broad SMARTS) is 1. The molecule has 2 N–H and O–H groups in total. The van der Waals surface area contributed by atoms with Crippen molar-refractivity contribution in [1.82, 2.24) is 10.2 Å². The van der Waals surface area contributed by atoms with Crippen molar-refractivity contribution in [2.75, 3.05) is 0 Å². The first-order valence-electron chi connectivity index (χ1n) is 10.3. The number of carbonyl (C=O) groups is 2. The van der Waals surface area contributed by atoms with Gasteiger partial charge in [-0.25, -0.2) is 4.79 Å². The summed E-state index contributed by atoms with van der Waals surface area (Å²) in [5.74, 6) is -1.85. The summed E-state index contributed by atoms with van der Waals surface area (Å²) >= 11 is 0. The molecule has 2 aliphatic rings. The number of alkyl halides is 3. The Balaban J connectivity index is 1.75. The predicted molar refractivity (Wildman–Crippen MR) is 107 cm³/mol. The SMILES string of the molecule is CC/C(=C\c1ccccc1)C1CC1N(C(=O)C(F)(F)F)C1CCC(NC(=O)O)CC1. The number of carbonyl (C=O) groups excluding carboxylic acids is 1. The summed E-state index contributed by atoms with van der Waals surface area (Å²) < 4.78 is 40.1. The third-order valence-corrected chi connectivity index (χ3v) is 6.04. The van der Waals surface area contributed by atoms with E-state index in [1.807, 2.05) is 43.3 Å². The molecule has 0 aromatic heterocycles. The molecular weight excluding hydrogens is 397 g/mol. The Morgan fingerprint density at radius 3 is 2.33 bits per heavy atom. The summed E-state index contributed by atoms with van der Waals surface area (Å²) in [7, 11) is 0. The fraction of sp³-hybridized carbons (Fsp3) is 0.545. The topological polar surface area (TPSA) is 69.6 Å². The van der Waals surface area contributed by atoms with Gasteiger partial charge in [0.1, 0.15) is 0 Å². The third kappa shape index (κ3) is 5.34. The van der Waals surface area contributed by atoms with E-state index in [1.54, 1.807) is 0 Å². The van der Waals surface area contributed by atoms with E-state index >= 15 is 0 Å². The van der Waals surface area contributed by atoms with Crippen LogP contribution in [-0.4, -0.2) is 46.3 Å². The van der Waals surface area contributed by atoms with Crippen LogP contribution in [0.3, 0.4) is 0 Å². The van der Waals surface area contributed by atoms with Gasteiger partial charge in [-0.1, -0.05) is 48.9 Å². The van der Waals surface area contributed by atoms with Crippen LogP contribution in [0.25, 0.3) is 6.08 Å². The van der Waals surface area contributed by atoms with Gasteiger partial charge in [0.2, 0.25) is 0 Å². The molecule has 3 rings (SSSR count). The highest BCUT2D eigenvalue weighted by atomic mass is 19.4. The molecule has 1 aromatic rings. The molecule has 0 bridgehead atoms. The van der Waals surface area contributed by atoms with Gasteiger partial charge in [-0.05, 0) is 44.1 Å². The molecule has 5 nitrogen and oxygen atoms in total. The van der Waals surface area contributed by atoms with Crippen molar-refractivity contribution in [2.45, 2.75) is 69.8 Å². The number of amides is 2. The van der Waals surface area contributed by atoms with Crippen molar-refractivity contribution < 1.29 is 27.9 Å². The Morgan fingerprint density at radius 1 is 1.17 bits per heavy atom. The third-order valence-electron chi connectivity index (χ3n) is 6.04. The van der Waals surface area contributed by atoms with Crippen LogP contribution in [-0.2, 0) is 4.79 Å². The monoisotopic (exact) mass is 424 g/mol. The molecule has 8 heteroatoms. The molecular formula is C22H27F3N2O3. The number of hydrogen-bond donors (Lipinski definition) is 2. The Morgan fingerprint density at radius 2 is 1.80 bits per heavy atom. The quantitative estimate of drug-likeness (QED) is 0.687. The van der Waals surface area contributed by atoms with Crippen LogP contribution in [0, 0.1) is 5.92 Å². The van der Waals surface area contributed by atoms with E-state index in [2.05, 4.69) is 5.32 Å². The molecule has 2 amide bonds. The van der Waals surface area contributed by atoms with E-state index in [1.165, 1.54) is 0 Å². The molecule has 0 spiro atoms. The van der Waals surface area contributed by atoms with Crippen molar-refractivity contribution >= 4 is 18.1 Å². The Bertz CT molecular complexity index is 787. The number of benzene rings is 1. The van der Waals surface area contributed by atoms with E-state index in [9.17, 15) is 22.8 Å². The zero-order valence-electron chi connectivity index (χ0n) is 16.9. The van der Waals surface area contributed by atoms with Crippen molar-refractivity contribution in [1.29, 1.82) is 0 Å². The van der Waals surface area contributed by atoms with E-state index in [-0.39, 0.29) is 12.0 Å². The van der Waals surface area contributed by atoms with E-state index in [0.717, 1.165) is 16.0 Å². The molecule has 0 aliphatic heterocycles. The Hall–Kier alpha value is -2.51. The molecule has 1 aromatic carbocycles. The molecule has 2 saturated carbocycles. The summed E-state index contributed by atoms with van der Waals surface area (Å²) in [6.45, 7) is 1.98. The zero-order chi connectivity index (χ0) is 21.9. The van der Waals surface area contributed by atoms with Crippen LogP contribution in [0.1, 0.15) is 51.0 Å². The van der Waals surface area contributed by atoms with Gasteiger partial charge in [-0.3, -0.25) is 4.79 Å². The van der Waals surface area contributed by atoms with Gasteiger partial charge in [0.25, 0.3) is 0 Å². The summed E-state index contributed by atoms with van der Waals surface area (Å²) in [6.07, 6.45) is -1.23. The average molecular weight is 424 g/mol. The summed E-state index contributed by atoms with van der Waals surface area (Å²) in [6, 6.07) is 8.37. The highest BCUT2D eigenvalue weighted by Crippen LogP contribution is 2.46. The van der Waals surface area contributed by atoms with Crippen LogP contribution in [0.5, 0.6) is 0 Å². The summed E-state index contributed by atoms with van der Waals surface area (Å²) in [4.78, 5) is 24.2. The number of hydrogen-bond acceptors (Lipinski definition) is 2. The maximum absolute atomic E-state index is 13.4. The van der Waals surface area contributed by atoms with Crippen molar-refractivity contribution in [3.05, 3.63) is 41.5 Å². The maximum Gasteiger partial charge on any atom is 0.471 e. The van der Waals surface area contributed by atoms with Crippen LogP contribution < -0.4 is 5.32 Å². The lowest BCUT2D eigenvalue weighted by atomic mass is 9.89. The first-order valence-corrected chi connectivity index (χ1v) is 10.3. The van der Waals surface area contributed by atoms with Crippen molar-refractivity contribution in [3.63, 3.8) is 0 Å². The number of nitrogens with one attached hydrogen (secondary N) is 1. The maximum atomic E-state index is 13.4. The molecule has 164 valence electrons. The average Bonchev–Trinajstić information content (AvgIpc) is 3.47. The lowest BCUT2D eigenvalue weighted by Gasteiger charge is -2.37. The van der Waals surface area contributed by atoms with Crippen LogP contribution in [0.15, 0.2) is 35.9 Å². The lowest BCUT2D eigenvalue weighted by molar-refractivity contribution is -0.189. The van der Waals surface area contributed by atoms with Gasteiger partial charge in [-0.2, -0.15) is 13.2 Å². The Kier molecular flexibility index (Phi) is 6.73. The van der Waals surface area contributed by atoms with Crippen molar-refractivity contribution in [3.8, 4) is 0 Å². The molecule has 0 radical (unpaired) electrons. The largest absolute Gasteiger partial charge is 0.471 e. The van der Waals surface area contributed by atoms with E-state index < -0.39 is 30.3 Å². The molecule has 0 heterocycles. The Labute approximate surface area is 173 Å². The number of rotatable bonds is 6. The van der Waals surface area contributed by atoms with E-state index in [4.69, 9.17) is 5.11 Å².